The summed E-state index contributed by atoms with van der Waals surface area (Å²) in [6.07, 6.45) is 0.412. The Labute approximate surface area is 168 Å². The van der Waals surface area contributed by atoms with Crippen LogP contribution in [-0.2, 0) is 16.4 Å². The van der Waals surface area contributed by atoms with Gasteiger partial charge in [-0.1, -0.05) is 29.3 Å². The monoisotopic (exact) mass is 427 g/mol. The van der Waals surface area contributed by atoms with Crippen molar-refractivity contribution in [2.45, 2.75) is 19.0 Å². The lowest BCUT2D eigenvalue weighted by Gasteiger charge is -2.29. The molecule has 27 heavy (non-hydrogen) atoms. The summed E-state index contributed by atoms with van der Waals surface area (Å²) in [5, 5.41) is 0.941. The number of sulfone groups is 1. The van der Waals surface area contributed by atoms with Crippen molar-refractivity contribution in [1.29, 1.82) is 0 Å². The molecule has 0 bridgehead atoms. The van der Waals surface area contributed by atoms with E-state index in [4.69, 9.17) is 27.9 Å². The first-order valence-corrected chi connectivity index (χ1v) is 11.0. The smallest absolute Gasteiger partial charge is 0.254 e. The van der Waals surface area contributed by atoms with Gasteiger partial charge in [-0.2, -0.15) is 0 Å². The van der Waals surface area contributed by atoms with Crippen LogP contribution in [0.2, 0.25) is 10.0 Å². The van der Waals surface area contributed by atoms with Crippen molar-refractivity contribution in [3.63, 3.8) is 0 Å². The van der Waals surface area contributed by atoms with Crippen LogP contribution in [0.4, 0.5) is 0 Å². The van der Waals surface area contributed by atoms with Gasteiger partial charge in [0.1, 0.15) is 5.75 Å². The molecular formula is C19H19Cl2NO4S. The van der Waals surface area contributed by atoms with E-state index in [1.54, 1.807) is 54.5 Å². The molecule has 0 radical (unpaired) electrons. The molecule has 0 spiro atoms. The molecule has 1 aliphatic rings. The lowest BCUT2D eigenvalue weighted by molar-refractivity contribution is 0.0681. The highest BCUT2D eigenvalue weighted by Gasteiger charge is 2.35. The van der Waals surface area contributed by atoms with Gasteiger partial charge in [-0.05, 0) is 48.4 Å². The van der Waals surface area contributed by atoms with Crippen LogP contribution in [0.25, 0.3) is 0 Å². The van der Waals surface area contributed by atoms with Crippen LogP contribution in [0.3, 0.4) is 0 Å². The third-order valence-corrected chi connectivity index (χ3v) is 6.94. The summed E-state index contributed by atoms with van der Waals surface area (Å²) in [4.78, 5) is 14.7. The van der Waals surface area contributed by atoms with E-state index in [0.29, 0.717) is 33.3 Å². The zero-order valence-corrected chi connectivity index (χ0v) is 17.0. The van der Waals surface area contributed by atoms with Crippen LogP contribution in [-0.4, -0.2) is 43.9 Å². The summed E-state index contributed by atoms with van der Waals surface area (Å²) >= 11 is 12.2. The van der Waals surface area contributed by atoms with Gasteiger partial charge in [-0.25, -0.2) is 8.42 Å². The SMILES string of the molecule is COc1ccc(C(=O)N(Cc2ccc(Cl)cc2Cl)[C@H]2CCS(=O)(=O)C2)cc1. The number of nitrogens with zero attached hydrogens (tertiary/aromatic N) is 1. The van der Waals surface area contributed by atoms with Crippen molar-refractivity contribution in [3.8, 4) is 5.75 Å². The molecule has 5 nitrogen and oxygen atoms in total. The van der Waals surface area contributed by atoms with Crippen molar-refractivity contribution in [2.24, 2.45) is 0 Å². The van der Waals surface area contributed by atoms with Crippen molar-refractivity contribution in [1.82, 2.24) is 4.90 Å². The molecule has 144 valence electrons. The number of ether oxygens (including phenoxy) is 1. The Kier molecular flexibility index (Phi) is 5.99. The molecule has 1 atom stereocenters. The number of amides is 1. The van der Waals surface area contributed by atoms with Crippen molar-refractivity contribution < 1.29 is 17.9 Å². The molecule has 3 rings (SSSR count). The summed E-state index contributed by atoms with van der Waals surface area (Å²) in [7, 11) is -1.59. The molecule has 0 unspecified atom stereocenters. The minimum Gasteiger partial charge on any atom is -0.497 e. The van der Waals surface area contributed by atoms with Crippen LogP contribution in [0.5, 0.6) is 5.75 Å². The van der Waals surface area contributed by atoms with E-state index < -0.39 is 15.9 Å². The van der Waals surface area contributed by atoms with Gasteiger partial charge in [-0.15, -0.1) is 0 Å². The zero-order valence-electron chi connectivity index (χ0n) is 14.7. The quantitative estimate of drug-likeness (QED) is 0.726. The minimum atomic E-state index is -3.14. The molecule has 1 aliphatic heterocycles. The average Bonchev–Trinajstić information content (AvgIpc) is 3.00. The van der Waals surface area contributed by atoms with Crippen molar-refractivity contribution in [2.75, 3.05) is 18.6 Å². The topological polar surface area (TPSA) is 63.7 Å². The van der Waals surface area contributed by atoms with E-state index in [1.165, 1.54) is 0 Å². The van der Waals surface area contributed by atoms with Gasteiger partial charge in [0.25, 0.3) is 5.91 Å². The van der Waals surface area contributed by atoms with Crippen molar-refractivity contribution >= 4 is 38.9 Å². The highest BCUT2D eigenvalue weighted by atomic mass is 35.5. The highest BCUT2D eigenvalue weighted by Crippen LogP contribution is 2.27. The maximum Gasteiger partial charge on any atom is 0.254 e. The predicted molar refractivity (Wildman–Crippen MR) is 106 cm³/mol. The molecule has 8 heteroatoms. The number of benzene rings is 2. The van der Waals surface area contributed by atoms with E-state index in [1.807, 2.05) is 0 Å². The Morgan fingerprint density at radius 2 is 1.89 bits per heavy atom. The van der Waals surface area contributed by atoms with E-state index in [9.17, 15) is 13.2 Å². The van der Waals surface area contributed by atoms with Crippen LogP contribution in [0, 0.1) is 0 Å². The number of methoxy groups -OCH3 is 1. The Morgan fingerprint density at radius 3 is 2.44 bits per heavy atom. The number of hydrogen-bond acceptors (Lipinski definition) is 4. The number of carbonyl (C=O) groups excluding carboxylic acids is 1. The average molecular weight is 428 g/mol. The third kappa shape index (κ3) is 4.75. The lowest BCUT2D eigenvalue weighted by Crippen LogP contribution is -2.40. The minimum absolute atomic E-state index is 0.0416. The lowest BCUT2D eigenvalue weighted by atomic mass is 10.1. The maximum atomic E-state index is 13.1. The Balaban J connectivity index is 1.92. The van der Waals surface area contributed by atoms with E-state index >= 15 is 0 Å². The molecule has 1 amide bonds. The first-order chi connectivity index (χ1) is 12.8. The molecular weight excluding hydrogens is 409 g/mol. The standard InChI is InChI=1S/C19H19Cl2NO4S/c1-26-17-6-3-13(4-7-17)19(23)22(16-8-9-27(24,25)12-16)11-14-2-5-15(20)10-18(14)21/h2-7,10,16H,8-9,11-12H2,1H3/t16-/m0/s1. The second-order valence-electron chi connectivity index (χ2n) is 6.45. The van der Waals surface area contributed by atoms with E-state index in [2.05, 4.69) is 0 Å². The fraction of sp³-hybridized carbons (Fsp3) is 0.316. The van der Waals surface area contributed by atoms with Gasteiger partial charge >= 0.3 is 0 Å². The second kappa shape index (κ2) is 8.09. The first kappa shape index (κ1) is 20.0. The molecule has 2 aromatic carbocycles. The van der Waals surface area contributed by atoms with Crippen molar-refractivity contribution in [3.05, 3.63) is 63.6 Å². The molecule has 0 saturated carbocycles. The number of halogens is 2. The predicted octanol–water partition coefficient (Wildman–Crippen LogP) is 3.83. The fourth-order valence-electron chi connectivity index (χ4n) is 3.12. The van der Waals surface area contributed by atoms with Crippen LogP contribution >= 0.6 is 23.2 Å². The van der Waals surface area contributed by atoms with E-state index in [0.717, 1.165) is 0 Å². The largest absolute Gasteiger partial charge is 0.497 e. The number of carbonyl (C=O) groups is 1. The number of hydrogen-bond donors (Lipinski definition) is 0. The Hall–Kier alpha value is -1.76. The molecule has 1 heterocycles. The second-order valence-corrected chi connectivity index (χ2v) is 9.53. The third-order valence-electron chi connectivity index (χ3n) is 4.60. The summed E-state index contributed by atoms with van der Waals surface area (Å²) in [5.74, 6) is 0.437. The number of rotatable bonds is 5. The zero-order chi connectivity index (χ0) is 19.6. The van der Waals surface area contributed by atoms with Crippen LogP contribution < -0.4 is 4.74 Å². The summed E-state index contributed by atoms with van der Waals surface area (Å²) in [6, 6.07) is 11.4. The van der Waals surface area contributed by atoms with Crippen LogP contribution in [0.15, 0.2) is 42.5 Å². The Morgan fingerprint density at radius 1 is 1.19 bits per heavy atom. The summed E-state index contributed by atoms with van der Waals surface area (Å²) in [6.45, 7) is 0.209. The molecule has 0 N–H and O–H groups in total. The van der Waals surface area contributed by atoms with Gasteiger partial charge in [-0.3, -0.25) is 4.79 Å². The molecule has 0 aromatic heterocycles. The highest BCUT2D eigenvalue weighted by molar-refractivity contribution is 7.91. The summed E-state index contributed by atoms with van der Waals surface area (Å²) < 4.78 is 29.0. The van der Waals surface area contributed by atoms with Gasteiger partial charge in [0.05, 0.1) is 18.6 Å². The maximum absolute atomic E-state index is 13.1. The van der Waals surface area contributed by atoms with Gasteiger partial charge < -0.3 is 9.64 Å². The Bertz CT molecular complexity index is 945. The van der Waals surface area contributed by atoms with Crippen LogP contribution in [0.1, 0.15) is 22.3 Å². The molecule has 0 aliphatic carbocycles. The van der Waals surface area contributed by atoms with E-state index in [-0.39, 0.29) is 24.0 Å². The van der Waals surface area contributed by atoms with Gasteiger partial charge in [0.2, 0.25) is 0 Å². The first-order valence-electron chi connectivity index (χ1n) is 8.38. The molecule has 2 aromatic rings. The summed E-state index contributed by atoms with van der Waals surface area (Å²) in [5.41, 5.74) is 1.18. The molecule has 1 saturated heterocycles. The van der Waals surface area contributed by atoms with Gasteiger partial charge in [0, 0.05) is 28.2 Å². The molecule has 1 fully saturated rings. The van der Waals surface area contributed by atoms with Gasteiger partial charge in [0.15, 0.2) is 9.84 Å². The fourth-order valence-corrected chi connectivity index (χ4v) is 5.32. The normalized spacial score (nSPS) is 18.3.